The maximum absolute atomic E-state index is 4.57. The molecular weight excluding hydrogens is 613 g/mol. The van der Waals surface area contributed by atoms with Crippen molar-refractivity contribution < 1.29 is 23.3 Å². The molecule has 1 heterocycles. The predicted molar refractivity (Wildman–Crippen MR) is 172 cm³/mol. The van der Waals surface area contributed by atoms with Crippen LogP contribution in [-0.4, -0.2) is 11.9 Å². The number of nitrogens with zero attached hydrogens (tertiary/aromatic N) is 1. The quantitative estimate of drug-likeness (QED) is 0.128. The van der Waals surface area contributed by atoms with E-state index in [1.54, 1.807) is 0 Å². The number of hydrogen-bond acceptors (Lipinski definition) is 1. The molecule has 0 amide bonds. The van der Waals surface area contributed by atoms with Crippen LogP contribution in [0.2, 0.25) is 0 Å². The van der Waals surface area contributed by atoms with E-state index in [2.05, 4.69) is 110 Å². The second-order valence-corrected chi connectivity index (χ2v) is 8.65. The summed E-state index contributed by atoms with van der Waals surface area (Å²) < 4.78 is 0. The smallest absolute Gasteiger partial charge is 0.0253 e. The van der Waals surface area contributed by atoms with Gasteiger partial charge in [-0.3, -0.25) is 4.98 Å². The maximum Gasteiger partial charge on any atom is -0.0253 e. The molecule has 39 heavy (non-hydrogen) atoms. The molecular formula is C34H31Cl2NSiZr-4. The summed E-state index contributed by atoms with van der Waals surface area (Å²) in [6.07, 6.45) is 3.02. The first-order valence-corrected chi connectivity index (χ1v) is 15.8. The zero-order valence-electron chi connectivity index (χ0n) is 22.4. The van der Waals surface area contributed by atoms with E-state index < -0.39 is 0 Å². The zero-order valence-corrected chi connectivity index (χ0v) is 27.5. The van der Waals surface area contributed by atoms with Crippen LogP contribution < -0.4 is 0 Å². The Balaban J connectivity index is 0.000000354. The van der Waals surface area contributed by atoms with Crippen molar-refractivity contribution in [2.45, 2.75) is 13.3 Å². The molecule has 6 aromatic rings. The number of hydrogen-bond donors (Lipinski definition) is 0. The van der Waals surface area contributed by atoms with Gasteiger partial charge in [0.05, 0.1) is 5.52 Å². The first-order chi connectivity index (χ1) is 17.3. The maximum atomic E-state index is 4.57. The van der Waals surface area contributed by atoms with Gasteiger partial charge in [-0.15, -0.1) is 64.9 Å². The van der Waals surface area contributed by atoms with Crippen LogP contribution in [0.4, 0.5) is 0 Å². The van der Waals surface area contributed by atoms with E-state index in [0.717, 1.165) is 11.9 Å². The molecule has 5 heteroatoms. The summed E-state index contributed by atoms with van der Waals surface area (Å²) in [5, 5.41) is 3.79. The van der Waals surface area contributed by atoms with E-state index in [1.165, 1.54) is 78.4 Å². The Morgan fingerprint density at radius 2 is 1.49 bits per heavy atom. The summed E-state index contributed by atoms with van der Waals surface area (Å²) in [7, 11) is 0. The SMILES string of the molecule is Cc1cc2c(-c3cnc4ccccc4c3)cccc2[cH-]1.Cl.Cl.[CH3-].[CH3-].[Si]=[Zr].[c-]1cccc2c1Cc1ccccc1-2. The number of para-hydroxylation sites is 1. The molecule has 0 bridgehead atoms. The number of pyridine rings is 1. The summed E-state index contributed by atoms with van der Waals surface area (Å²) in [6.45, 7) is 5.20. The summed E-state index contributed by atoms with van der Waals surface area (Å²) in [5.41, 5.74) is 10.3. The number of fused-ring (bicyclic) bond motifs is 5. The van der Waals surface area contributed by atoms with Crippen molar-refractivity contribution in [3.63, 3.8) is 0 Å². The van der Waals surface area contributed by atoms with Crippen molar-refractivity contribution in [2.75, 3.05) is 0 Å². The Morgan fingerprint density at radius 1 is 0.795 bits per heavy atom. The van der Waals surface area contributed by atoms with Gasteiger partial charge in [0.15, 0.2) is 0 Å². The van der Waals surface area contributed by atoms with Crippen LogP contribution in [0.25, 0.3) is 43.9 Å². The van der Waals surface area contributed by atoms with Gasteiger partial charge in [-0.05, 0) is 24.1 Å². The molecule has 0 saturated carbocycles. The number of halogens is 2. The second-order valence-electron chi connectivity index (χ2n) is 8.65. The van der Waals surface area contributed by atoms with Crippen molar-refractivity contribution in [3.8, 4) is 22.3 Å². The number of aryl methyl sites for hydroxylation is 1. The van der Waals surface area contributed by atoms with Crippen LogP contribution in [0.1, 0.15) is 16.7 Å². The van der Waals surface area contributed by atoms with Gasteiger partial charge in [0, 0.05) is 11.6 Å². The number of benzene rings is 4. The Hall–Kier alpha value is -2.42. The van der Waals surface area contributed by atoms with Gasteiger partial charge in [-0.25, -0.2) is 0 Å². The van der Waals surface area contributed by atoms with Gasteiger partial charge < -0.3 is 14.9 Å². The van der Waals surface area contributed by atoms with E-state index in [4.69, 9.17) is 0 Å². The van der Waals surface area contributed by atoms with Crippen LogP contribution in [-0.2, 0) is 29.8 Å². The topological polar surface area (TPSA) is 12.9 Å². The Bertz CT molecular complexity index is 1600. The predicted octanol–water partition coefficient (Wildman–Crippen LogP) is 9.50. The Morgan fingerprint density at radius 3 is 2.31 bits per heavy atom. The molecule has 0 saturated heterocycles. The third-order valence-electron chi connectivity index (χ3n) is 6.41. The molecule has 1 aromatic heterocycles. The summed E-state index contributed by atoms with van der Waals surface area (Å²) in [4.78, 5) is 4.57. The van der Waals surface area contributed by atoms with E-state index in [1.807, 2.05) is 24.4 Å². The van der Waals surface area contributed by atoms with Crippen molar-refractivity contribution in [1.82, 2.24) is 4.98 Å². The summed E-state index contributed by atoms with van der Waals surface area (Å²) in [5.74, 6) is 0. The minimum absolute atomic E-state index is 0. The van der Waals surface area contributed by atoms with Gasteiger partial charge in [0.25, 0.3) is 0 Å². The van der Waals surface area contributed by atoms with E-state index in [-0.39, 0.29) is 39.7 Å². The van der Waals surface area contributed by atoms with Crippen LogP contribution in [0.15, 0.2) is 109 Å². The first kappa shape index (κ1) is 34.6. The van der Waals surface area contributed by atoms with Gasteiger partial charge >= 0.3 is 30.2 Å². The van der Waals surface area contributed by atoms with Crippen molar-refractivity contribution in [1.29, 1.82) is 0 Å². The normalized spacial score (nSPS) is 9.95. The standard InChI is InChI=1S/C19H14N.C13H9.2CH3.2ClH.Si.Zr/c1-13-9-14-6-4-7-17(18(14)10-13)16-11-15-5-2-3-8-19(15)20-12-16;1-3-7-12-10(5-1)9-11-6-2-4-8-13(11)12;;;;;;/h2-12H,1H3;1-5,7-8H,9H2;2*1H3;2*1H;;/q4*-1;;;;. The van der Waals surface area contributed by atoms with Crippen LogP contribution in [0.5, 0.6) is 0 Å². The monoisotopic (exact) mass is 641 g/mol. The Labute approximate surface area is 262 Å². The molecule has 1 aliphatic rings. The minimum atomic E-state index is 0. The van der Waals surface area contributed by atoms with Crippen molar-refractivity contribution >= 4 is 53.4 Å². The van der Waals surface area contributed by atoms with Crippen LogP contribution in [0, 0.1) is 27.8 Å². The molecule has 0 spiro atoms. The molecule has 0 fully saturated rings. The van der Waals surface area contributed by atoms with Crippen LogP contribution >= 0.6 is 24.8 Å². The van der Waals surface area contributed by atoms with Gasteiger partial charge in [0.1, 0.15) is 0 Å². The summed E-state index contributed by atoms with van der Waals surface area (Å²) >= 11 is 1.36. The second kappa shape index (κ2) is 16.0. The number of aromatic nitrogens is 1. The van der Waals surface area contributed by atoms with E-state index in [0.29, 0.717) is 0 Å². The molecule has 0 atom stereocenters. The minimum Gasteiger partial charge on any atom is -0.179 e. The molecule has 0 N–H and O–H groups in total. The Kier molecular flexibility index (Phi) is 14.2. The van der Waals surface area contributed by atoms with E-state index in [9.17, 15) is 0 Å². The van der Waals surface area contributed by atoms with Crippen molar-refractivity contribution in [3.05, 3.63) is 147 Å². The molecule has 2 radical (unpaired) electrons. The van der Waals surface area contributed by atoms with E-state index >= 15 is 0 Å². The molecule has 1 aliphatic carbocycles. The fraction of sp³-hybridized carbons (Fsp3) is 0.0588. The van der Waals surface area contributed by atoms with Gasteiger partial charge in [-0.1, -0.05) is 72.1 Å². The molecule has 1 nitrogen and oxygen atoms in total. The van der Waals surface area contributed by atoms with Gasteiger partial charge in [0.2, 0.25) is 0 Å². The van der Waals surface area contributed by atoms with Crippen molar-refractivity contribution in [2.24, 2.45) is 0 Å². The largest absolute Gasteiger partial charge is 0.179 e. The first-order valence-electron chi connectivity index (χ1n) is 11.6. The molecule has 7 rings (SSSR count). The van der Waals surface area contributed by atoms with Crippen LogP contribution in [0.3, 0.4) is 0 Å². The molecule has 198 valence electrons. The molecule has 5 aromatic carbocycles. The summed E-state index contributed by atoms with van der Waals surface area (Å²) in [6, 6.07) is 39.5. The molecule has 0 aliphatic heterocycles. The van der Waals surface area contributed by atoms with Gasteiger partial charge in [-0.2, -0.15) is 35.9 Å². The average Bonchev–Trinajstić information content (AvgIpc) is 3.49. The number of rotatable bonds is 1. The fourth-order valence-electron chi connectivity index (χ4n) is 4.85. The third-order valence-corrected chi connectivity index (χ3v) is 6.41. The molecule has 0 unspecified atom stereocenters. The average molecular weight is 644 g/mol. The fourth-order valence-corrected chi connectivity index (χ4v) is 4.85. The zero-order chi connectivity index (χ0) is 24.2. The third kappa shape index (κ3) is 7.41.